The molecule has 2 saturated carbocycles. The number of unbranched alkanes of at least 4 members (excludes halogenated alkanes) is 4. The molecule has 3 aliphatic rings. The summed E-state index contributed by atoms with van der Waals surface area (Å²) in [7, 11) is -2.02. The first kappa shape index (κ1) is 39.1. The van der Waals surface area contributed by atoms with Crippen LogP contribution in [0.3, 0.4) is 0 Å². The van der Waals surface area contributed by atoms with Crippen molar-refractivity contribution < 1.29 is 49.9 Å². The lowest BCUT2D eigenvalue weighted by Gasteiger charge is -2.21. The van der Waals surface area contributed by atoms with Crippen LogP contribution in [0.4, 0.5) is 13.2 Å². The van der Waals surface area contributed by atoms with E-state index in [0.717, 1.165) is 37.8 Å². The number of benzene rings is 2. The highest BCUT2D eigenvalue weighted by atomic mass is 32.2. The Kier molecular flexibility index (Phi) is 11.0. The van der Waals surface area contributed by atoms with Crippen LogP contribution >= 0.6 is 0 Å². The summed E-state index contributed by atoms with van der Waals surface area (Å²) in [6.45, 7) is 0.0547. The Bertz CT molecular complexity index is 2270. The number of carbonyl (C=O) groups is 3. The number of fused-ring (bicyclic) bond motifs is 3. The van der Waals surface area contributed by atoms with Crippen molar-refractivity contribution in [3.63, 3.8) is 0 Å². The van der Waals surface area contributed by atoms with Gasteiger partial charge < -0.3 is 24.5 Å². The van der Waals surface area contributed by atoms with Gasteiger partial charge in [0.2, 0.25) is 33.3 Å². The lowest BCUT2D eigenvalue weighted by Crippen LogP contribution is -2.43. The number of hydrogen-bond acceptors (Lipinski definition) is 10. The molecular weight excluding hydrogens is 756 g/mol. The standard InChI is InChI=1S/C39H42F3N5O8S/c1-53-25-14-17-28-31(20-25)55-34-33(28)44-36(22-10-12-24(13-11-22)39(40,41)42)45-38(34)54-26-19-30(35(43)49)47(21-26)32(48)9-7-5-3-2-4-6-8-23-18-29(23)37(50)46-56(51,52)27-15-16-27/h6,8,10-14,17,20,23,26-27,29-30H,2-5,7,9,15-16,18-19,21H2,1H3,(H2,43,49)(H,46,50)/b8-6-/t23-,26-,29+,30+/m1/s1. The van der Waals surface area contributed by atoms with Crippen molar-refractivity contribution in [2.45, 2.75) is 87.8 Å². The van der Waals surface area contributed by atoms with Crippen molar-refractivity contribution in [1.82, 2.24) is 19.6 Å². The predicted octanol–water partition coefficient (Wildman–Crippen LogP) is 6.05. The number of methoxy groups -OCH3 is 1. The van der Waals surface area contributed by atoms with Gasteiger partial charge in [0.05, 0.1) is 24.5 Å². The van der Waals surface area contributed by atoms with Gasteiger partial charge in [-0.1, -0.05) is 37.1 Å². The van der Waals surface area contributed by atoms with E-state index in [-0.39, 0.29) is 54.4 Å². The quantitative estimate of drug-likeness (QED) is 0.100. The Morgan fingerprint density at radius 1 is 1.04 bits per heavy atom. The van der Waals surface area contributed by atoms with E-state index >= 15 is 0 Å². The highest BCUT2D eigenvalue weighted by molar-refractivity contribution is 7.90. The van der Waals surface area contributed by atoms with E-state index in [1.165, 1.54) is 24.1 Å². The number of rotatable bonds is 16. The molecule has 17 heteroatoms. The topological polar surface area (TPSA) is 184 Å². The molecule has 0 radical (unpaired) electrons. The number of ether oxygens (including phenoxy) is 2. The summed E-state index contributed by atoms with van der Waals surface area (Å²) in [6, 6.07) is 8.64. The first-order chi connectivity index (χ1) is 26.7. The third-order valence-corrected chi connectivity index (χ3v) is 12.3. The Balaban J connectivity index is 0.948. The summed E-state index contributed by atoms with van der Waals surface area (Å²) >= 11 is 0. The zero-order chi connectivity index (χ0) is 39.8. The Morgan fingerprint density at radius 2 is 1.79 bits per heavy atom. The number of hydrogen-bond donors (Lipinski definition) is 2. The Hall–Kier alpha value is -5.19. The van der Waals surface area contributed by atoms with Crippen molar-refractivity contribution in [3.05, 3.63) is 60.2 Å². The molecule has 298 valence electrons. The molecule has 2 aromatic heterocycles. The molecule has 2 aliphatic carbocycles. The number of allylic oxidation sites excluding steroid dienone is 2. The molecule has 4 atom stereocenters. The van der Waals surface area contributed by atoms with Gasteiger partial charge in [0.15, 0.2) is 5.82 Å². The minimum Gasteiger partial charge on any atom is -0.497 e. The number of sulfonamides is 1. The number of furan rings is 1. The maximum absolute atomic E-state index is 13.4. The summed E-state index contributed by atoms with van der Waals surface area (Å²) in [5.41, 5.74) is 6.17. The second kappa shape index (κ2) is 15.7. The van der Waals surface area contributed by atoms with Gasteiger partial charge in [0.25, 0.3) is 5.88 Å². The molecule has 13 nitrogen and oxygen atoms in total. The number of alkyl halides is 3. The van der Waals surface area contributed by atoms with Gasteiger partial charge in [-0.2, -0.15) is 18.2 Å². The first-order valence-electron chi connectivity index (χ1n) is 18.7. The second-order valence-electron chi connectivity index (χ2n) is 14.6. The maximum atomic E-state index is 13.4. The fraction of sp³-hybridized carbons (Fsp3) is 0.462. The van der Waals surface area contributed by atoms with Crippen LogP contribution in [0.5, 0.6) is 11.6 Å². The van der Waals surface area contributed by atoms with Gasteiger partial charge in [0.1, 0.15) is 29.0 Å². The third-order valence-electron chi connectivity index (χ3n) is 10.4. The summed E-state index contributed by atoms with van der Waals surface area (Å²) in [5.74, 6) is -0.967. The predicted molar refractivity (Wildman–Crippen MR) is 199 cm³/mol. The monoisotopic (exact) mass is 797 g/mol. The largest absolute Gasteiger partial charge is 0.497 e. The zero-order valence-corrected chi connectivity index (χ0v) is 31.4. The van der Waals surface area contributed by atoms with Gasteiger partial charge >= 0.3 is 6.18 Å². The molecule has 3 amide bonds. The van der Waals surface area contributed by atoms with Crippen LogP contribution in [0.15, 0.2) is 59.0 Å². The van der Waals surface area contributed by atoms with Crippen molar-refractivity contribution in [3.8, 4) is 23.0 Å². The van der Waals surface area contributed by atoms with Crippen LogP contribution in [0.25, 0.3) is 33.5 Å². The van der Waals surface area contributed by atoms with E-state index < -0.39 is 51.0 Å². The molecule has 3 N–H and O–H groups in total. The van der Waals surface area contributed by atoms with Crippen molar-refractivity contribution in [2.75, 3.05) is 13.7 Å². The van der Waals surface area contributed by atoms with Gasteiger partial charge in [-0.3, -0.25) is 19.1 Å². The lowest BCUT2D eigenvalue weighted by atomic mass is 10.1. The van der Waals surface area contributed by atoms with E-state index in [1.54, 1.807) is 18.2 Å². The molecule has 7 rings (SSSR count). The van der Waals surface area contributed by atoms with E-state index in [1.807, 2.05) is 12.2 Å². The number of carbonyl (C=O) groups excluding carboxylic acids is 3. The molecule has 3 heterocycles. The number of primary amides is 1. The summed E-state index contributed by atoms with van der Waals surface area (Å²) < 4.78 is 83.8. The highest BCUT2D eigenvalue weighted by Gasteiger charge is 2.45. The van der Waals surface area contributed by atoms with Crippen LogP contribution in [0, 0.1) is 11.8 Å². The average molecular weight is 798 g/mol. The smallest absolute Gasteiger partial charge is 0.416 e. The number of halogens is 3. The highest BCUT2D eigenvalue weighted by Crippen LogP contribution is 2.41. The minimum atomic E-state index is -4.52. The average Bonchev–Trinajstić information content (AvgIpc) is 4.09. The Morgan fingerprint density at radius 3 is 2.48 bits per heavy atom. The molecule has 4 aromatic rings. The molecule has 1 saturated heterocycles. The van der Waals surface area contributed by atoms with Crippen LogP contribution in [0.1, 0.15) is 69.8 Å². The fourth-order valence-corrected chi connectivity index (χ4v) is 8.40. The number of aromatic nitrogens is 2. The molecule has 0 bridgehead atoms. The summed E-state index contributed by atoms with van der Waals surface area (Å²) in [6.07, 6.45) is 4.83. The Labute approximate surface area is 320 Å². The fourth-order valence-electron chi connectivity index (χ4n) is 7.04. The molecule has 3 fully saturated rings. The lowest BCUT2D eigenvalue weighted by molar-refractivity contribution is -0.137. The number of likely N-dealkylation sites (tertiary alicyclic amines) is 1. The zero-order valence-electron chi connectivity index (χ0n) is 30.6. The van der Waals surface area contributed by atoms with E-state index in [9.17, 15) is 36.0 Å². The number of nitrogens with two attached hydrogens (primary N) is 1. The molecule has 0 spiro atoms. The molecule has 1 aliphatic heterocycles. The van der Waals surface area contributed by atoms with Crippen molar-refractivity contribution in [2.24, 2.45) is 17.6 Å². The molecule has 0 unspecified atom stereocenters. The van der Waals surface area contributed by atoms with Crippen LogP contribution in [0.2, 0.25) is 0 Å². The molecule has 56 heavy (non-hydrogen) atoms. The van der Waals surface area contributed by atoms with Gasteiger partial charge in [-0.05, 0) is 68.7 Å². The SMILES string of the molecule is COc1ccc2c(c1)oc1c(O[C@@H]3C[C@@H](C(N)=O)N(C(=O)CCCCCC/C=C\[C@@H]4C[C@@H]4C(=O)NS(=O)(=O)C4CC4)C3)nc(-c3ccc(C(F)(F)F)cc3)nc12. The van der Waals surface area contributed by atoms with E-state index in [0.29, 0.717) is 53.5 Å². The minimum absolute atomic E-state index is 0.00127. The molecule has 2 aromatic carbocycles. The van der Waals surface area contributed by atoms with Crippen molar-refractivity contribution in [1.29, 1.82) is 0 Å². The van der Waals surface area contributed by atoms with Crippen LogP contribution in [-0.4, -0.2) is 72.1 Å². The van der Waals surface area contributed by atoms with E-state index in [4.69, 9.17) is 19.6 Å². The maximum Gasteiger partial charge on any atom is 0.416 e. The van der Waals surface area contributed by atoms with Gasteiger partial charge in [0, 0.05) is 35.8 Å². The van der Waals surface area contributed by atoms with Crippen LogP contribution in [-0.2, 0) is 30.6 Å². The van der Waals surface area contributed by atoms with E-state index in [2.05, 4.69) is 14.7 Å². The van der Waals surface area contributed by atoms with Crippen molar-refractivity contribution >= 4 is 49.8 Å². The van der Waals surface area contributed by atoms with Gasteiger partial charge in [-0.25, -0.2) is 13.4 Å². The summed E-state index contributed by atoms with van der Waals surface area (Å²) in [4.78, 5) is 48.7. The van der Waals surface area contributed by atoms with Gasteiger partial charge in [-0.15, -0.1) is 0 Å². The summed E-state index contributed by atoms with van der Waals surface area (Å²) in [5, 5.41) is 0.162. The first-order valence-corrected chi connectivity index (χ1v) is 20.2. The van der Waals surface area contributed by atoms with Crippen LogP contribution < -0.4 is 19.9 Å². The normalized spacial score (nSPS) is 21.2. The molecular formula is C39H42F3N5O8S. The second-order valence-corrected chi connectivity index (χ2v) is 16.6. The number of nitrogens with zero attached hydrogens (tertiary/aromatic N) is 3. The number of nitrogens with one attached hydrogen (secondary N) is 1. The number of amides is 3. The third kappa shape index (κ3) is 8.77.